The number of carbonyl (C=O) groups is 2. The third-order valence-electron chi connectivity index (χ3n) is 4.60. The van der Waals surface area contributed by atoms with Crippen molar-refractivity contribution in [3.05, 3.63) is 29.8 Å². The number of hydrogen-bond acceptors (Lipinski definition) is 4. The van der Waals surface area contributed by atoms with E-state index in [-0.39, 0.29) is 22.5 Å². The number of imide groups is 1. The molecular weight excluding hydrogens is 487 g/mol. The van der Waals surface area contributed by atoms with Crippen molar-refractivity contribution in [1.29, 1.82) is 0 Å². The average Bonchev–Trinajstić information content (AvgIpc) is 2.58. The van der Waals surface area contributed by atoms with Crippen molar-refractivity contribution >= 4 is 35.7 Å². The number of rotatable bonds is 7. The summed E-state index contributed by atoms with van der Waals surface area (Å²) in [6.45, 7) is 14.6. The Balaban J connectivity index is 0.000000649. The fourth-order valence-corrected chi connectivity index (χ4v) is 3.82. The molecule has 1 aromatic rings. The molecule has 3 amide bonds. The first kappa shape index (κ1) is 29.6. The lowest BCUT2D eigenvalue weighted by Crippen LogP contribution is -2.46. The molecule has 0 saturated heterocycles. The highest BCUT2D eigenvalue weighted by Gasteiger charge is 2.32. The number of nitrogens with one attached hydrogen (secondary N) is 1. The minimum absolute atomic E-state index is 0.00109. The third kappa shape index (κ3) is 11.7. The molecule has 0 unspecified atom stereocenters. The number of carbonyl (C=O) groups excluding carboxylic acids is 2. The van der Waals surface area contributed by atoms with Crippen molar-refractivity contribution in [2.45, 2.75) is 77.5 Å². The minimum Gasteiger partial charge on any atom is -0.404 e. The van der Waals surface area contributed by atoms with Gasteiger partial charge in [0, 0.05) is 0 Å². The fraction of sp³-hybridized carbons (Fsp3) is 0.619. The van der Waals surface area contributed by atoms with Crippen molar-refractivity contribution in [2.24, 2.45) is 11.1 Å². The van der Waals surface area contributed by atoms with Gasteiger partial charge in [0.1, 0.15) is 10.1 Å². The first-order chi connectivity index (χ1) is 13.8. The Labute approximate surface area is 193 Å². The molecule has 8 nitrogen and oxygen atoms in total. The van der Waals surface area contributed by atoms with Crippen LogP contribution >= 0.6 is 23.8 Å². The van der Waals surface area contributed by atoms with Gasteiger partial charge in [-0.25, -0.2) is 9.36 Å². The Bertz CT molecular complexity index is 780. The lowest BCUT2D eigenvalue weighted by molar-refractivity contribution is -0.122. The molecule has 0 aromatic heterocycles. The lowest BCUT2D eigenvalue weighted by Gasteiger charge is -2.33. The first-order valence-electron chi connectivity index (χ1n) is 10.0. The molecule has 0 radical (unpaired) electrons. The fourth-order valence-electron chi connectivity index (χ4n) is 3.33. The van der Waals surface area contributed by atoms with E-state index in [0.29, 0.717) is 12.8 Å². The van der Waals surface area contributed by atoms with E-state index in [1.807, 2.05) is 31.3 Å². The summed E-state index contributed by atoms with van der Waals surface area (Å²) in [6.07, 6.45) is 2.24. The molecule has 1 aromatic carbocycles. The minimum atomic E-state index is -4.48. The van der Waals surface area contributed by atoms with E-state index in [1.54, 1.807) is 12.1 Å². The van der Waals surface area contributed by atoms with Gasteiger partial charge in [-0.1, -0.05) is 76.5 Å². The molecule has 0 atom stereocenters. The molecule has 5 N–H and O–H groups in total. The van der Waals surface area contributed by atoms with Gasteiger partial charge in [0.2, 0.25) is 5.91 Å². The van der Waals surface area contributed by atoms with Crippen molar-refractivity contribution < 1.29 is 28.5 Å². The zero-order valence-corrected chi connectivity index (χ0v) is 21.8. The van der Waals surface area contributed by atoms with Gasteiger partial charge >= 0.3 is 13.9 Å². The van der Waals surface area contributed by atoms with Gasteiger partial charge in [-0.05, 0) is 47.8 Å². The van der Waals surface area contributed by atoms with Crippen molar-refractivity contribution in [2.75, 3.05) is 0 Å². The molecule has 0 aliphatic rings. The molecule has 1 rings (SSSR count). The second-order valence-corrected chi connectivity index (χ2v) is 11.9. The van der Waals surface area contributed by atoms with E-state index in [4.69, 9.17) is 15.5 Å². The number of hydrogen-bond donors (Lipinski definition) is 4. The zero-order valence-electron chi connectivity index (χ0n) is 19.4. The van der Waals surface area contributed by atoms with E-state index in [1.165, 1.54) is 0 Å². The number of nitrogens with two attached hydrogens (primary N) is 1. The number of primary amides is 1. The monoisotopic (exact) mass is 522 g/mol. The van der Waals surface area contributed by atoms with Crippen LogP contribution in [0.5, 0.6) is 5.75 Å². The van der Waals surface area contributed by atoms with Gasteiger partial charge in [-0.2, -0.15) is 0 Å². The van der Waals surface area contributed by atoms with Crippen LogP contribution in [0.3, 0.4) is 0 Å². The highest BCUT2D eigenvalue weighted by molar-refractivity contribution is 9.10. The summed E-state index contributed by atoms with van der Waals surface area (Å²) < 4.78 is 14.6. The SMILES string of the molecule is CC(C)(C)CC(C)(C)c1ccc(OP(=O)(O)O)cc1.CCC(Br)(CC)C(=O)NC(N)=O. The topological polar surface area (TPSA) is 139 Å². The molecule has 0 aliphatic heterocycles. The summed E-state index contributed by atoms with van der Waals surface area (Å²) in [7, 11) is -4.48. The van der Waals surface area contributed by atoms with Crippen LogP contribution in [0.15, 0.2) is 24.3 Å². The Morgan fingerprint density at radius 2 is 1.52 bits per heavy atom. The molecule has 0 fully saturated rings. The largest absolute Gasteiger partial charge is 0.524 e. The van der Waals surface area contributed by atoms with Crippen LogP contribution in [-0.4, -0.2) is 26.0 Å². The van der Waals surface area contributed by atoms with Gasteiger partial charge in [0.05, 0.1) is 0 Å². The number of halogens is 1. The second kappa shape index (κ2) is 11.5. The predicted molar refractivity (Wildman–Crippen MR) is 126 cm³/mol. The first-order valence-corrected chi connectivity index (χ1v) is 12.3. The van der Waals surface area contributed by atoms with E-state index in [2.05, 4.69) is 55.1 Å². The maximum absolute atomic E-state index is 11.3. The van der Waals surface area contributed by atoms with Gasteiger partial charge in [0.25, 0.3) is 0 Å². The molecule has 10 heteroatoms. The van der Waals surface area contributed by atoms with Crippen molar-refractivity contribution in [3.8, 4) is 5.75 Å². The number of amides is 3. The number of alkyl halides is 1. The molecule has 31 heavy (non-hydrogen) atoms. The smallest absolute Gasteiger partial charge is 0.404 e. The van der Waals surface area contributed by atoms with Gasteiger partial charge in [-0.15, -0.1) is 0 Å². The normalized spacial score (nSPS) is 12.5. The second-order valence-electron chi connectivity index (χ2n) is 9.22. The van der Waals surface area contributed by atoms with E-state index >= 15 is 0 Å². The summed E-state index contributed by atoms with van der Waals surface area (Å²) in [5.41, 5.74) is 6.14. The maximum atomic E-state index is 11.3. The lowest BCUT2D eigenvalue weighted by atomic mass is 9.72. The predicted octanol–water partition coefficient (Wildman–Crippen LogP) is 5.01. The standard InChI is InChI=1S/C14H23O4P.C7H13BrN2O2/c1-13(2,3)10-14(4,5)11-6-8-12(9-7-11)18-19(15,16)17;1-3-7(8,4-2)5(11)10-6(9)12/h6-9H,10H2,1-5H3,(H2,15,16,17);3-4H2,1-2H3,(H3,9,10,11,12). The number of benzene rings is 1. The Kier molecular flexibility index (Phi) is 10.9. The molecule has 0 heterocycles. The van der Waals surface area contributed by atoms with Gasteiger partial charge < -0.3 is 10.3 Å². The van der Waals surface area contributed by atoms with Gasteiger partial charge in [0.15, 0.2) is 0 Å². The summed E-state index contributed by atoms with van der Waals surface area (Å²) in [6, 6.07) is 6.09. The number of phosphoric ester groups is 1. The summed E-state index contributed by atoms with van der Waals surface area (Å²) in [4.78, 5) is 39.1. The molecule has 0 aliphatic carbocycles. The highest BCUT2D eigenvalue weighted by Crippen LogP contribution is 2.40. The highest BCUT2D eigenvalue weighted by atomic mass is 79.9. The van der Waals surface area contributed by atoms with Crippen LogP contribution < -0.4 is 15.6 Å². The Morgan fingerprint density at radius 1 is 1.06 bits per heavy atom. The Morgan fingerprint density at radius 3 is 1.84 bits per heavy atom. The third-order valence-corrected chi connectivity index (χ3v) is 6.53. The van der Waals surface area contributed by atoms with Crippen LogP contribution in [0, 0.1) is 5.41 Å². The average molecular weight is 523 g/mol. The molecular formula is C21H36BrN2O6P. The van der Waals surface area contributed by atoms with E-state index < -0.39 is 18.2 Å². The van der Waals surface area contributed by atoms with Crippen molar-refractivity contribution in [1.82, 2.24) is 5.32 Å². The summed E-state index contributed by atoms with van der Waals surface area (Å²) in [5.74, 6) is -0.191. The summed E-state index contributed by atoms with van der Waals surface area (Å²) in [5, 5.41) is 2.04. The van der Waals surface area contributed by atoms with Crippen LogP contribution in [0.4, 0.5) is 4.79 Å². The molecule has 0 spiro atoms. The number of urea groups is 1. The van der Waals surface area contributed by atoms with Gasteiger partial charge in [-0.3, -0.25) is 19.9 Å². The molecule has 178 valence electrons. The zero-order chi connectivity index (χ0) is 24.7. The Hall–Kier alpha value is -1.41. The van der Waals surface area contributed by atoms with Crippen molar-refractivity contribution in [3.63, 3.8) is 0 Å². The van der Waals surface area contributed by atoms with Crippen LogP contribution in [0.2, 0.25) is 0 Å². The van der Waals surface area contributed by atoms with E-state index in [9.17, 15) is 14.2 Å². The molecule has 0 bridgehead atoms. The van der Waals surface area contributed by atoms with E-state index in [0.717, 1.165) is 12.0 Å². The number of phosphoric acid groups is 1. The summed E-state index contributed by atoms with van der Waals surface area (Å²) >= 11 is 3.26. The quantitative estimate of drug-likeness (QED) is 0.293. The van der Waals surface area contributed by atoms with Crippen LogP contribution in [-0.2, 0) is 14.8 Å². The van der Waals surface area contributed by atoms with Crippen LogP contribution in [0.25, 0.3) is 0 Å². The molecule has 0 saturated carbocycles. The van der Waals surface area contributed by atoms with Crippen LogP contribution in [0.1, 0.15) is 73.3 Å². The maximum Gasteiger partial charge on any atom is 0.524 e.